The van der Waals surface area contributed by atoms with E-state index in [0.29, 0.717) is 12.4 Å². The maximum atomic E-state index is 11.4. The van der Waals surface area contributed by atoms with Gasteiger partial charge in [0.1, 0.15) is 0 Å². The van der Waals surface area contributed by atoms with Crippen LogP contribution in [0.3, 0.4) is 0 Å². The van der Waals surface area contributed by atoms with Crippen molar-refractivity contribution >= 4 is 17.5 Å². The van der Waals surface area contributed by atoms with E-state index in [0.717, 1.165) is 12.8 Å². The van der Waals surface area contributed by atoms with Crippen molar-refractivity contribution in [3.8, 4) is 0 Å². The van der Waals surface area contributed by atoms with Crippen molar-refractivity contribution in [2.45, 2.75) is 33.6 Å². The summed E-state index contributed by atoms with van der Waals surface area (Å²) in [5.74, 6) is 0.724. The van der Waals surface area contributed by atoms with Crippen molar-refractivity contribution < 1.29 is 4.79 Å². The van der Waals surface area contributed by atoms with E-state index in [2.05, 4.69) is 5.32 Å². The lowest BCUT2D eigenvalue weighted by Crippen LogP contribution is -2.37. The molecule has 0 atom stereocenters. The van der Waals surface area contributed by atoms with Gasteiger partial charge in [0.15, 0.2) is 0 Å². The SMILES string of the molecule is CCC(C)(C)C(=O)NCCCCl. The Morgan fingerprint density at radius 1 is 1.50 bits per heavy atom. The van der Waals surface area contributed by atoms with E-state index in [1.54, 1.807) is 0 Å². The highest BCUT2D eigenvalue weighted by Crippen LogP contribution is 2.19. The quantitative estimate of drug-likeness (QED) is 0.524. The van der Waals surface area contributed by atoms with Gasteiger partial charge in [0.25, 0.3) is 0 Å². The average molecular weight is 192 g/mol. The lowest BCUT2D eigenvalue weighted by Gasteiger charge is -2.21. The number of rotatable bonds is 5. The molecule has 2 nitrogen and oxygen atoms in total. The number of amides is 1. The third-order valence-electron chi connectivity index (χ3n) is 2.09. The molecule has 0 bridgehead atoms. The maximum Gasteiger partial charge on any atom is 0.225 e. The first-order valence-corrected chi connectivity index (χ1v) is 4.92. The first-order valence-electron chi connectivity index (χ1n) is 4.39. The Morgan fingerprint density at radius 3 is 2.50 bits per heavy atom. The Hall–Kier alpha value is -0.240. The van der Waals surface area contributed by atoms with Crippen molar-refractivity contribution in [1.82, 2.24) is 5.32 Å². The van der Waals surface area contributed by atoms with Crippen molar-refractivity contribution in [3.63, 3.8) is 0 Å². The van der Waals surface area contributed by atoms with Crippen LogP contribution in [0.5, 0.6) is 0 Å². The predicted molar refractivity (Wildman–Crippen MR) is 52.4 cm³/mol. The standard InChI is InChI=1S/C9H18ClNO/c1-4-9(2,3)8(12)11-7-5-6-10/h4-7H2,1-3H3,(H,11,12). The molecule has 0 aliphatic carbocycles. The molecular formula is C9H18ClNO. The number of hydrogen-bond donors (Lipinski definition) is 1. The summed E-state index contributed by atoms with van der Waals surface area (Å²) in [7, 11) is 0. The second kappa shape index (κ2) is 5.41. The van der Waals surface area contributed by atoms with E-state index in [1.165, 1.54) is 0 Å². The van der Waals surface area contributed by atoms with Gasteiger partial charge < -0.3 is 5.32 Å². The van der Waals surface area contributed by atoms with Gasteiger partial charge in [0.2, 0.25) is 5.91 Å². The van der Waals surface area contributed by atoms with Crippen LogP contribution in [-0.2, 0) is 4.79 Å². The topological polar surface area (TPSA) is 29.1 Å². The smallest absolute Gasteiger partial charge is 0.225 e. The van der Waals surface area contributed by atoms with Crippen LogP contribution in [0.1, 0.15) is 33.6 Å². The first-order chi connectivity index (χ1) is 5.54. The molecule has 0 saturated heterocycles. The minimum absolute atomic E-state index is 0.120. The zero-order valence-corrected chi connectivity index (χ0v) is 8.87. The summed E-state index contributed by atoms with van der Waals surface area (Å²) in [6.07, 6.45) is 1.70. The number of carbonyl (C=O) groups excluding carboxylic acids is 1. The molecule has 0 aromatic carbocycles. The minimum atomic E-state index is -0.244. The predicted octanol–water partition coefficient (Wildman–Crippen LogP) is 2.17. The number of alkyl halides is 1. The molecule has 0 aromatic heterocycles. The van der Waals surface area contributed by atoms with E-state index in [4.69, 9.17) is 11.6 Å². The molecule has 1 N–H and O–H groups in total. The summed E-state index contributed by atoms with van der Waals surface area (Å²) in [5.41, 5.74) is -0.244. The molecule has 0 spiro atoms. The Labute approximate surface area is 79.7 Å². The second-order valence-electron chi connectivity index (χ2n) is 3.54. The molecule has 72 valence electrons. The fourth-order valence-corrected chi connectivity index (χ4v) is 0.802. The zero-order valence-electron chi connectivity index (χ0n) is 8.11. The molecule has 0 aliphatic heterocycles. The van der Waals surface area contributed by atoms with Gasteiger partial charge in [-0.15, -0.1) is 11.6 Å². The Kier molecular flexibility index (Phi) is 5.31. The van der Waals surface area contributed by atoms with E-state index in [-0.39, 0.29) is 11.3 Å². The fraction of sp³-hybridized carbons (Fsp3) is 0.889. The highest BCUT2D eigenvalue weighted by atomic mass is 35.5. The highest BCUT2D eigenvalue weighted by molar-refractivity contribution is 6.17. The van der Waals surface area contributed by atoms with Crippen LogP contribution in [0.25, 0.3) is 0 Å². The maximum absolute atomic E-state index is 11.4. The Balaban J connectivity index is 3.72. The van der Waals surface area contributed by atoms with Gasteiger partial charge in [-0.1, -0.05) is 20.8 Å². The summed E-state index contributed by atoms with van der Waals surface area (Å²) < 4.78 is 0. The van der Waals surface area contributed by atoms with Gasteiger partial charge in [0, 0.05) is 17.8 Å². The van der Waals surface area contributed by atoms with Crippen molar-refractivity contribution in [1.29, 1.82) is 0 Å². The van der Waals surface area contributed by atoms with Gasteiger partial charge in [-0.3, -0.25) is 4.79 Å². The van der Waals surface area contributed by atoms with E-state index >= 15 is 0 Å². The Morgan fingerprint density at radius 2 is 2.08 bits per heavy atom. The average Bonchev–Trinajstić information content (AvgIpc) is 2.05. The second-order valence-corrected chi connectivity index (χ2v) is 3.91. The molecular weight excluding hydrogens is 174 g/mol. The molecule has 0 aliphatic rings. The van der Waals surface area contributed by atoms with E-state index in [1.807, 2.05) is 20.8 Å². The molecule has 0 rings (SSSR count). The molecule has 0 fully saturated rings. The molecule has 0 saturated carbocycles. The molecule has 0 heterocycles. The third kappa shape index (κ3) is 3.96. The van der Waals surface area contributed by atoms with Gasteiger partial charge in [-0.2, -0.15) is 0 Å². The lowest BCUT2D eigenvalue weighted by atomic mass is 9.89. The van der Waals surface area contributed by atoms with Crippen LogP contribution in [-0.4, -0.2) is 18.3 Å². The monoisotopic (exact) mass is 191 g/mol. The van der Waals surface area contributed by atoms with Crippen molar-refractivity contribution in [2.24, 2.45) is 5.41 Å². The normalized spacial score (nSPS) is 11.3. The molecule has 0 unspecified atom stereocenters. The first kappa shape index (κ1) is 11.8. The van der Waals surface area contributed by atoms with Gasteiger partial charge in [-0.25, -0.2) is 0 Å². The van der Waals surface area contributed by atoms with Crippen molar-refractivity contribution in [2.75, 3.05) is 12.4 Å². The summed E-state index contributed by atoms with van der Waals surface area (Å²) in [6.45, 7) is 6.60. The van der Waals surface area contributed by atoms with Crippen LogP contribution in [0.15, 0.2) is 0 Å². The van der Waals surface area contributed by atoms with E-state index in [9.17, 15) is 4.79 Å². The fourth-order valence-electron chi connectivity index (χ4n) is 0.669. The molecule has 1 amide bonds. The summed E-state index contributed by atoms with van der Waals surface area (Å²) >= 11 is 5.48. The highest BCUT2D eigenvalue weighted by Gasteiger charge is 2.24. The van der Waals surface area contributed by atoms with Gasteiger partial charge in [0.05, 0.1) is 0 Å². The zero-order chi connectivity index (χ0) is 9.61. The van der Waals surface area contributed by atoms with E-state index < -0.39 is 0 Å². The molecule has 3 heteroatoms. The van der Waals surface area contributed by atoms with Crippen LogP contribution < -0.4 is 5.32 Å². The van der Waals surface area contributed by atoms with Crippen LogP contribution >= 0.6 is 11.6 Å². The lowest BCUT2D eigenvalue weighted by molar-refractivity contribution is -0.129. The summed E-state index contributed by atoms with van der Waals surface area (Å²) in [5, 5.41) is 2.85. The number of nitrogens with one attached hydrogen (secondary N) is 1. The largest absolute Gasteiger partial charge is 0.356 e. The van der Waals surface area contributed by atoms with Gasteiger partial charge >= 0.3 is 0 Å². The Bertz CT molecular complexity index is 145. The van der Waals surface area contributed by atoms with Crippen LogP contribution in [0.4, 0.5) is 0 Å². The molecule has 12 heavy (non-hydrogen) atoms. The number of halogens is 1. The summed E-state index contributed by atoms with van der Waals surface area (Å²) in [6, 6.07) is 0. The number of hydrogen-bond acceptors (Lipinski definition) is 1. The molecule has 0 radical (unpaired) electrons. The van der Waals surface area contributed by atoms with Crippen LogP contribution in [0.2, 0.25) is 0 Å². The minimum Gasteiger partial charge on any atom is -0.356 e. The molecule has 0 aromatic rings. The summed E-state index contributed by atoms with van der Waals surface area (Å²) in [4.78, 5) is 11.4. The number of carbonyl (C=O) groups is 1. The van der Waals surface area contributed by atoms with Crippen molar-refractivity contribution in [3.05, 3.63) is 0 Å². The van der Waals surface area contributed by atoms with Crippen LogP contribution in [0, 0.1) is 5.41 Å². The third-order valence-corrected chi connectivity index (χ3v) is 2.36. The van der Waals surface area contributed by atoms with Gasteiger partial charge in [-0.05, 0) is 12.8 Å².